The van der Waals surface area contributed by atoms with E-state index >= 15 is 0 Å². The number of hydrogen-bond acceptors (Lipinski definition) is 6. The van der Waals surface area contributed by atoms with E-state index in [-0.39, 0.29) is 23.0 Å². The Morgan fingerprint density at radius 3 is 2.59 bits per heavy atom. The lowest BCUT2D eigenvalue weighted by Gasteiger charge is -2.20. The van der Waals surface area contributed by atoms with E-state index in [0.717, 1.165) is 6.42 Å². The van der Waals surface area contributed by atoms with Crippen LogP contribution in [0.25, 0.3) is 0 Å². The van der Waals surface area contributed by atoms with Gasteiger partial charge in [0.25, 0.3) is 0 Å². The number of carbonyl (C=O) groups excluding carboxylic acids is 2. The van der Waals surface area contributed by atoms with Gasteiger partial charge in [-0.25, -0.2) is 4.79 Å². The third-order valence-corrected chi connectivity index (χ3v) is 3.13. The molecule has 1 unspecified atom stereocenters. The highest BCUT2D eigenvalue weighted by atomic mass is 16.5. The van der Waals surface area contributed by atoms with Crippen LogP contribution in [-0.4, -0.2) is 44.3 Å². The first-order valence-corrected chi connectivity index (χ1v) is 6.96. The molecule has 0 aliphatic carbocycles. The van der Waals surface area contributed by atoms with Crippen LogP contribution < -0.4 is 10.2 Å². The maximum atomic E-state index is 12.2. The molecule has 0 saturated carbocycles. The number of esters is 1. The van der Waals surface area contributed by atoms with Gasteiger partial charge >= 0.3 is 5.97 Å². The van der Waals surface area contributed by atoms with E-state index in [4.69, 9.17) is 9.47 Å². The summed E-state index contributed by atoms with van der Waals surface area (Å²) in [6.07, 6.45) is 2.70. The summed E-state index contributed by atoms with van der Waals surface area (Å²) in [6.45, 7) is 4.72. The predicted molar refractivity (Wildman–Crippen MR) is 79.8 cm³/mol. The largest absolute Gasteiger partial charge is 0.491 e. The number of aromatic nitrogens is 1. The smallest absolute Gasteiger partial charge is 0.343 e. The minimum Gasteiger partial charge on any atom is -0.491 e. The van der Waals surface area contributed by atoms with E-state index in [1.54, 1.807) is 0 Å². The van der Waals surface area contributed by atoms with Crippen molar-refractivity contribution < 1.29 is 23.8 Å². The van der Waals surface area contributed by atoms with Gasteiger partial charge in [0, 0.05) is 12.8 Å². The summed E-state index contributed by atoms with van der Waals surface area (Å²) in [6, 6.07) is -0.260. The number of pyridine rings is 1. The number of carbonyl (C=O) groups is 2. The van der Waals surface area contributed by atoms with Gasteiger partial charge in [-0.15, -0.1) is 0 Å². The average molecular weight is 311 g/mol. The van der Waals surface area contributed by atoms with E-state index in [1.165, 1.54) is 25.0 Å². The van der Waals surface area contributed by atoms with Gasteiger partial charge in [0.1, 0.15) is 11.3 Å². The van der Waals surface area contributed by atoms with E-state index in [9.17, 15) is 14.4 Å². The molecule has 122 valence electrons. The Morgan fingerprint density at radius 2 is 2.09 bits per heavy atom. The summed E-state index contributed by atoms with van der Waals surface area (Å²) in [7, 11) is 2.45. The molecule has 0 fully saturated rings. The molecular weight excluding hydrogens is 290 g/mol. The lowest BCUT2D eigenvalue weighted by molar-refractivity contribution is 0.0595. The van der Waals surface area contributed by atoms with Crippen molar-refractivity contribution in [1.29, 1.82) is 0 Å². The molecule has 7 heteroatoms. The lowest BCUT2D eigenvalue weighted by Crippen LogP contribution is -2.26. The summed E-state index contributed by atoms with van der Waals surface area (Å²) in [5.74, 6) is -0.962. The van der Waals surface area contributed by atoms with E-state index in [1.807, 2.05) is 13.8 Å². The van der Waals surface area contributed by atoms with Crippen LogP contribution in [-0.2, 0) is 9.47 Å². The fourth-order valence-corrected chi connectivity index (χ4v) is 2.03. The monoisotopic (exact) mass is 311 g/mol. The van der Waals surface area contributed by atoms with Crippen molar-refractivity contribution in [3.63, 3.8) is 0 Å². The van der Waals surface area contributed by atoms with Gasteiger partial charge in [-0.3, -0.25) is 9.59 Å². The van der Waals surface area contributed by atoms with Gasteiger partial charge in [-0.2, -0.15) is 0 Å². The Labute approximate surface area is 128 Å². The number of rotatable bonds is 8. The summed E-state index contributed by atoms with van der Waals surface area (Å²) in [5, 5.41) is 0. The lowest BCUT2D eigenvalue weighted by atomic mass is 10.2. The first kappa shape index (κ1) is 17.9. The van der Waals surface area contributed by atoms with Gasteiger partial charge in [-0.1, -0.05) is 6.92 Å². The zero-order valence-corrected chi connectivity index (χ0v) is 13.3. The standard InChI is InChI=1S/C15H21NO6/c1-5-6-22-9-10(2)16-7-11(15(19)21-4)13(18)14(20-3)12(16)8-17/h7-8,10H,5-6,9H2,1-4H3. The Bertz CT molecular complexity index is 592. The first-order valence-electron chi connectivity index (χ1n) is 6.96. The van der Waals surface area contributed by atoms with Crippen molar-refractivity contribution in [2.45, 2.75) is 26.3 Å². The molecule has 0 saturated heterocycles. The highest BCUT2D eigenvalue weighted by Crippen LogP contribution is 2.18. The van der Waals surface area contributed by atoms with Crippen molar-refractivity contribution in [3.8, 4) is 5.75 Å². The molecule has 1 rings (SSSR count). The Hall–Kier alpha value is -2.15. The van der Waals surface area contributed by atoms with Gasteiger partial charge in [-0.05, 0) is 13.3 Å². The van der Waals surface area contributed by atoms with Crippen molar-refractivity contribution in [2.24, 2.45) is 0 Å². The maximum absolute atomic E-state index is 12.2. The SMILES string of the molecule is CCCOCC(C)n1cc(C(=O)OC)c(=O)c(OC)c1C=O. The van der Waals surface area contributed by atoms with Crippen LogP contribution in [0.2, 0.25) is 0 Å². The average Bonchev–Trinajstić information content (AvgIpc) is 2.53. The second kappa shape index (κ2) is 8.33. The molecule has 0 amide bonds. The Kier molecular flexibility index (Phi) is 6.78. The highest BCUT2D eigenvalue weighted by Gasteiger charge is 2.23. The van der Waals surface area contributed by atoms with Crippen molar-refractivity contribution in [3.05, 3.63) is 27.7 Å². The van der Waals surface area contributed by atoms with Crippen LogP contribution in [0.3, 0.4) is 0 Å². The van der Waals surface area contributed by atoms with Crippen LogP contribution >= 0.6 is 0 Å². The number of nitrogens with zero attached hydrogens (tertiary/aromatic N) is 1. The van der Waals surface area contributed by atoms with Crippen LogP contribution in [0.15, 0.2) is 11.0 Å². The normalized spacial score (nSPS) is 11.8. The van der Waals surface area contributed by atoms with Crippen LogP contribution in [0, 0.1) is 0 Å². The topological polar surface area (TPSA) is 83.8 Å². The summed E-state index contributed by atoms with van der Waals surface area (Å²) < 4.78 is 16.6. The zero-order chi connectivity index (χ0) is 16.7. The van der Waals surface area contributed by atoms with E-state index in [0.29, 0.717) is 19.5 Å². The third kappa shape index (κ3) is 3.73. The molecule has 1 aromatic rings. The van der Waals surface area contributed by atoms with Crippen molar-refractivity contribution in [2.75, 3.05) is 27.4 Å². The number of methoxy groups -OCH3 is 2. The molecular formula is C15H21NO6. The second-order valence-corrected chi connectivity index (χ2v) is 4.73. The van der Waals surface area contributed by atoms with Gasteiger partial charge < -0.3 is 18.8 Å². The van der Waals surface area contributed by atoms with Gasteiger partial charge in [0.15, 0.2) is 12.0 Å². The molecule has 0 radical (unpaired) electrons. The number of aldehydes is 1. The third-order valence-electron chi connectivity index (χ3n) is 3.13. The van der Waals surface area contributed by atoms with E-state index < -0.39 is 11.4 Å². The summed E-state index contributed by atoms with van der Waals surface area (Å²) in [5.41, 5.74) is -0.797. The number of hydrogen-bond donors (Lipinski definition) is 0. The fourth-order valence-electron chi connectivity index (χ4n) is 2.03. The maximum Gasteiger partial charge on any atom is 0.343 e. The van der Waals surface area contributed by atoms with Crippen molar-refractivity contribution in [1.82, 2.24) is 4.57 Å². The molecule has 1 heterocycles. The molecule has 0 spiro atoms. The Balaban J connectivity index is 3.38. The quantitative estimate of drug-likeness (QED) is 0.410. The van der Waals surface area contributed by atoms with Crippen LogP contribution in [0.4, 0.5) is 0 Å². The minimum atomic E-state index is -0.781. The molecule has 1 atom stereocenters. The van der Waals surface area contributed by atoms with Crippen molar-refractivity contribution >= 4 is 12.3 Å². The van der Waals surface area contributed by atoms with Gasteiger partial charge in [0.05, 0.1) is 26.9 Å². The fraction of sp³-hybridized carbons (Fsp3) is 0.533. The molecule has 0 bridgehead atoms. The summed E-state index contributed by atoms with van der Waals surface area (Å²) >= 11 is 0. The number of ether oxygens (including phenoxy) is 3. The summed E-state index contributed by atoms with van der Waals surface area (Å²) in [4.78, 5) is 35.3. The predicted octanol–water partition coefficient (Wildman–Crippen LogP) is 1.44. The second-order valence-electron chi connectivity index (χ2n) is 4.73. The molecule has 0 aliphatic rings. The van der Waals surface area contributed by atoms with Crippen LogP contribution in [0.1, 0.15) is 47.2 Å². The zero-order valence-electron chi connectivity index (χ0n) is 13.3. The minimum absolute atomic E-state index is 0.0627. The highest BCUT2D eigenvalue weighted by molar-refractivity contribution is 5.90. The molecule has 0 aliphatic heterocycles. The molecule has 7 nitrogen and oxygen atoms in total. The van der Waals surface area contributed by atoms with E-state index in [2.05, 4.69) is 4.74 Å². The van der Waals surface area contributed by atoms with Gasteiger partial charge in [0.2, 0.25) is 5.43 Å². The Morgan fingerprint density at radius 1 is 1.41 bits per heavy atom. The molecule has 22 heavy (non-hydrogen) atoms. The first-order chi connectivity index (χ1) is 10.5. The molecule has 0 N–H and O–H groups in total. The molecule has 0 aromatic carbocycles. The van der Waals surface area contributed by atoms with Crippen LogP contribution in [0.5, 0.6) is 5.75 Å². The molecule has 1 aromatic heterocycles.